The van der Waals surface area contributed by atoms with Gasteiger partial charge in [-0.1, -0.05) is 19.3 Å². The van der Waals surface area contributed by atoms with Gasteiger partial charge in [-0.05, 0) is 47.8 Å². The molecule has 0 radical (unpaired) electrons. The number of hydrogen-bond acceptors (Lipinski definition) is 5. The van der Waals surface area contributed by atoms with Crippen LogP contribution in [0.5, 0.6) is 11.5 Å². The second-order valence-corrected chi connectivity index (χ2v) is 7.00. The van der Waals surface area contributed by atoms with Gasteiger partial charge in [-0.2, -0.15) is 0 Å². The summed E-state index contributed by atoms with van der Waals surface area (Å²) in [5, 5.41) is 0. The van der Waals surface area contributed by atoms with Crippen LogP contribution in [0.25, 0.3) is 0 Å². The van der Waals surface area contributed by atoms with Crippen molar-refractivity contribution < 1.29 is 23.8 Å². The molecule has 1 aliphatic heterocycles. The maximum Gasteiger partial charge on any atom is 0.338 e. The molecule has 0 N–H and O–H groups in total. The summed E-state index contributed by atoms with van der Waals surface area (Å²) in [6.07, 6.45) is 5.52. The van der Waals surface area contributed by atoms with E-state index in [1.807, 2.05) is 6.92 Å². The fourth-order valence-electron chi connectivity index (χ4n) is 2.92. The van der Waals surface area contributed by atoms with Crippen molar-refractivity contribution in [1.29, 1.82) is 0 Å². The molecule has 26 heavy (non-hydrogen) atoms. The maximum absolute atomic E-state index is 12.3. The van der Waals surface area contributed by atoms with Crippen LogP contribution in [-0.2, 0) is 9.53 Å². The largest absolute Gasteiger partial charge is 0.493 e. The van der Waals surface area contributed by atoms with Gasteiger partial charge in [-0.15, -0.1) is 0 Å². The Bertz CT molecular complexity index is 627. The predicted octanol–water partition coefficient (Wildman–Crippen LogP) is 3.81. The SMILES string of the molecule is CCOc1c(Br)cc(C(=O)OCC(=O)N2CCCCCCC2)cc1OC. The topological polar surface area (TPSA) is 65.1 Å². The van der Waals surface area contributed by atoms with Crippen LogP contribution in [0, 0.1) is 0 Å². The Balaban J connectivity index is 1.98. The van der Waals surface area contributed by atoms with E-state index in [4.69, 9.17) is 14.2 Å². The number of rotatable bonds is 6. The molecule has 1 aliphatic rings. The van der Waals surface area contributed by atoms with Crippen LogP contribution < -0.4 is 9.47 Å². The van der Waals surface area contributed by atoms with Gasteiger partial charge < -0.3 is 19.1 Å². The molecule has 1 saturated heterocycles. The van der Waals surface area contributed by atoms with Crippen molar-refractivity contribution in [3.8, 4) is 11.5 Å². The van der Waals surface area contributed by atoms with Gasteiger partial charge >= 0.3 is 5.97 Å². The molecule has 0 aliphatic carbocycles. The van der Waals surface area contributed by atoms with Crippen molar-refractivity contribution in [2.45, 2.75) is 39.0 Å². The lowest BCUT2D eigenvalue weighted by atomic mass is 10.1. The highest BCUT2D eigenvalue weighted by molar-refractivity contribution is 9.10. The summed E-state index contributed by atoms with van der Waals surface area (Å²) < 4.78 is 16.6. The first-order valence-corrected chi connectivity index (χ1v) is 9.81. The number of likely N-dealkylation sites (tertiary alicyclic amines) is 1. The van der Waals surface area contributed by atoms with E-state index in [2.05, 4.69) is 15.9 Å². The van der Waals surface area contributed by atoms with E-state index >= 15 is 0 Å². The summed E-state index contributed by atoms with van der Waals surface area (Å²) >= 11 is 3.38. The van der Waals surface area contributed by atoms with Gasteiger partial charge in [0.15, 0.2) is 18.1 Å². The summed E-state index contributed by atoms with van der Waals surface area (Å²) in [6.45, 7) is 3.57. The first kappa shape index (κ1) is 20.6. The van der Waals surface area contributed by atoms with E-state index in [1.54, 1.807) is 17.0 Å². The van der Waals surface area contributed by atoms with Crippen LogP contribution in [0.3, 0.4) is 0 Å². The van der Waals surface area contributed by atoms with Gasteiger partial charge in [0, 0.05) is 13.1 Å². The summed E-state index contributed by atoms with van der Waals surface area (Å²) in [7, 11) is 1.50. The second-order valence-electron chi connectivity index (χ2n) is 6.15. The van der Waals surface area contributed by atoms with Crippen LogP contribution >= 0.6 is 15.9 Å². The van der Waals surface area contributed by atoms with Gasteiger partial charge in [-0.3, -0.25) is 4.79 Å². The summed E-state index contributed by atoms with van der Waals surface area (Å²) in [4.78, 5) is 26.4. The van der Waals surface area contributed by atoms with Gasteiger partial charge in [0.1, 0.15) is 0 Å². The molecule has 6 nitrogen and oxygen atoms in total. The van der Waals surface area contributed by atoms with Gasteiger partial charge in [0.05, 0.1) is 23.8 Å². The lowest BCUT2D eigenvalue weighted by Crippen LogP contribution is -2.36. The fourth-order valence-corrected chi connectivity index (χ4v) is 3.48. The molecule has 0 atom stereocenters. The molecular weight excluding hydrogens is 402 g/mol. The van der Waals surface area contributed by atoms with Crippen LogP contribution in [0.2, 0.25) is 0 Å². The Morgan fingerprint density at radius 2 is 1.77 bits per heavy atom. The van der Waals surface area contributed by atoms with Crippen molar-refractivity contribution in [2.75, 3.05) is 33.4 Å². The predicted molar refractivity (Wildman–Crippen MR) is 102 cm³/mol. The van der Waals surface area contributed by atoms with Crippen molar-refractivity contribution >= 4 is 27.8 Å². The highest BCUT2D eigenvalue weighted by Gasteiger charge is 2.20. The van der Waals surface area contributed by atoms with Crippen LogP contribution in [-0.4, -0.2) is 50.2 Å². The molecule has 0 saturated carbocycles. The fraction of sp³-hybridized carbons (Fsp3) is 0.579. The van der Waals surface area contributed by atoms with Crippen LogP contribution in [0.4, 0.5) is 0 Å². The van der Waals surface area contributed by atoms with Crippen LogP contribution in [0.1, 0.15) is 49.4 Å². The number of esters is 1. The molecule has 144 valence electrons. The average molecular weight is 428 g/mol. The number of hydrogen-bond donors (Lipinski definition) is 0. The number of halogens is 1. The van der Waals surface area contributed by atoms with Crippen LogP contribution in [0.15, 0.2) is 16.6 Å². The molecule has 7 heteroatoms. The quantitative estimate of drug-likeness (QED) is 0.645. The Morgan fingerprint density at radius 1 is 1.12 bits per heavy atom. The minimum absolute atomic E-state index is 0.141. The number of amides is 1. The van der Waals surface area contributed by atoms with Crippen molar-refractivity contribution in [3.63, 3.8) is 0 Å². The smallest absolute Gasteiger partial charge is 0.338 e. The monoisotopic (exact) mass is 427 g/mol. The van der Waals surface area contributed by atoms with E-state index < -0.39 is 5.97 Å². The maximum atomic E-state index is 12.3. The molecule has 0 bridgehead atoms. The lowest BCUT2D eigenvalue weighted by Gasteiger charge is -2.24. The van der Waals surface area contributed by atoms with E-state index in [1.165, 1.54) is 13.5 Å². The number of ether oxygens (including phenoxy) is 3. The molecule has 1 heterocycles. The average Bonchev–Trinajstić information content (AvgIpc) is 2.60. The molecule has 0 aromatic heterocycles. The number of methoxy groups -OCH3 is 1. The second kappa shape index (κ2) is 10.4. The number of nitrogens with zero attached hydrogens (tertiary/aromatic N) is 1. The summed E-state index contributed by atoms with van der Waals surface area (Å²) in [5.74, 6) is 0.260. The van der Waals surface area contributed by atoms with Gasteiger partial charge in [-0.25, -0.2) is 4.79 Å². The van der Waals surface area contributed by atoms with Crippen molar-refractivity contribution in [1.82, 2.24) is 4.90 Å². The first-order valence-electron chi connectivity index (χ1n) is 9.02. The van der Waals surface area contributed by atoms with E-state index in [0.29, 0.717) is 28.1 Å². The van der Waals surface area contributed by atoms with E-state index in [9.17, 15) is 9.59 Å². The van der Waals surface area contributed by atoms with Gasteiger partial charge in [0.25, 0.3) is 5.91 Å². The zero-order chi connectivity index (χ0) is 18.9. The molecule has 1 aromatic rings. The van der Waals surface area contributed by atoms with Gasteiger partial charge in [0.2, 0.25) is 0 Å². The number of carbonyl (C=O) groups excluding carboxylic acids is 2. The Morgan fingerprint density at radius 3 is 2.38 bits per heavy atom. The third kappa shape index (κ3) is 5.62. The zero-order valence-electron chi connectivity index (χ0n) is 15.4. The Labute approximate surface area is 162 Å². The molecule has 0 unspecified atom stereocenters. The molecule has 2 rings (SSSR count). The lowest BCUT2D eigenvalue weighted by molar-refractivity contribution is -0.134. The Kier molecular flexibility index (Phi) is 8.22. The normalized spacial score (nSPS) is 15.0. The van der Waals surface area contributed by atoms with E-state index in [0.717, 1.165) is 38.8 Å². The van der Waals surface area contributed by atoms with Crippen molar-refractivity contribution in [3.05, 3.63) is 22.2 Å². The third-order valence-electron chi connectivity index (χ3n) is 4.29. The Hall–Kier alpha value is -1.76. The molecule has 1 fully saturated rings. The number of carbonyl (C=O) groups is 2. The minimum Gasteiger partial charge on any atom is -0.493 e. The zero-order valence-corrected chi connectivity index (χ0v) is 17.0. The number of benzene rings is 1. The third-order valence-corrected chi connectivity index (χ3v) is 4.88. The summed E-state index contributed by atoms with van der Waals surface area (Å²) in [6, 6.07) is 3.16. The van der Waals surface area contributed by atoms with Crippen molar-refractivity contribution in [2.24, 2.45) is 0 Å². The minimum atomic E-state index is -0.563. The van der Waals surface area contributed by atoms with E-state index in [-0.39, 0.29) is 12.5 Å². The molecule has 0 spiro atoms. The standard InChI is InChI=1S/C19H26BrNO5/c1-3-25-18-15(20)11-14(12-16(18)24-2)19(23)26-13-17(22)21-9-7-5-4-6-8-10-21/h11-12H,3-10,13H2,1-2H3. The molecule has 1 amide bonds. The summed E-state index contributed by atoms with van der Waals surface area (Å²) in [5.41, 5.74) is 0.303. The first-order chi connectivity index (χ1) is 12.6. The molecule has 1 aromatic carbocycles. The highest BCUT2D eigenvalue weighted by atomic mass is 79.9. The molecular formula is C19H26BrNO5. The highest BCUT2D eigenvalue weighted by Crippen LogP contribution is 2.36.